The highest BCUT2D eigenvalue weighted by Gasteiger charge is 2.29. The number of aliphatic carboxylic acids is 1. The summed E-state index contributed by atoms with van der Waals surface area (Å²) >= 11 is 0. The molecule has 1 aliphatic rings. The Bertz CT molecular complexity index is 1090. The van der Waals surface area contributed by atoms with Crippen molar-refractivity contribution in [3.8, 4) is 5.75 Å². The standard InChI is InChI=1S/C21H18N4O4/c1-29-15-9-7-14(8-10-15)23-20(26)16-12-22-25-18(13-5-3-2-4-6-13)11-17(21(27)28)24-19(16)25/h2-12,18,24H,1H3,(H,23,26)(H,27,28)/t18-/m0/s1. The maximum Gasteiger partial charge on any atom is 0.352 e. The second kappa shape index (κ2) is 7.51. The van der Waals surface area contributed by atoms with Gasteiger partial charge in [-0.3, -0.25) is 4.79 Å². The molecule has 29 heavy (non-hydrogen) atoms. The maximum atomic E-state index is 12.8. The minimum atomic E-state index is -1.11. The van der Waals surface area contributed by atoms with E-state index in [9.17, 15) is 14.7 Å². The smallest absolute Gasteiger partial charge is 0.352 e. The predicted molar refractivity (Wildman–Crippen MR) is 107 cm³/mol. The van der Waals surface area contributed by atoms with Crippen LogP contribution in [0.15, 0.2) is 72.6 Å². The number of anilines is 2. The van der Waals surface area contributed by atoms with Crippen LogP contribution in [0.1, 0.15) is 22.0 Å². The predicted octanol–water partition coefficient (Wildman–Crippen LogP) is 3.13. The number of methoxy groups -OCH3 is 1. The van der Waals surface area contributed by atoms with Crippen LogP contribution in [0.3, 0.4) is 0 Å². The second-order valence-electron chi connectivity index (χ2n) is 6.40. The number of aromatic nitrogens is 2. The lowest BCUT2D eigenvalue weighted by atomic mass is 10.0. The molecule has 1 atom stereocenters. The van der Waals surface area contributed by atoms with E-state index in [0.29, 0.717) is 17.3 Å². The molecule has 1 amide bonds. The molecule has 0 radical (unpaired) electrons. The van der Waals surface area contributed by atoms with Crippen LogP contribution >= 0.6 is 0 Å². The number of fused-ring (bicyclic) bond motifs is 1. The number of carbonyl (C=O) groups excluding carboxylic acids is 1. The van der Waals surface area contributed by atoms with E-state index in [1.807, 2.05) is 30.3 Å². The summed E-state index contributed by atoms with van der Waals surface area (Å²) in [7, 11) is 1.56. The summed E-state index contributed by atoms with van der Waals surface area (Å²) in [6.45, 7) is 0. The van der Waals surface area contributed by atoms with Crippen LogP contribution in [0.2, 0.25) is 0 Å². The number of amides is 1. The lowest BCUT2D eigenvalue weighted by Gasteiger charge is -2.24. The first kappa shape index (κ1) is 18.3. The number of carboxylic acid groups (broad SMARTS) is 1. The Morgan fingerprint density at radius 1 is 1.14 bits per heavy atom. The van der Waals surface area contributed by atoms with Crippen molar-refractivity contribution < 1.29 is 19.4 Å². The molecule has 0 saturated heterocycles. The van der Waals surface area contributed by atoms with Crippen molar-refractivity contribution in [1.82, 2.24) is 9.78 Å². The van der Waals surface area contributed by atoms with Gasteiger partial charge in [-0.2, -0.15) is 5.10 Å². The van der Waals surface area contributed by atoms with Gasteiger partial charge in [-0.15, -0.1) is 0 Å². The van der Waals surface area contributed by atoms with E-state index in [2.05, 4.69) is 15.7 Å². The summed E-state index contributed by atoms with van der Waals surface area (Å²) < 4.78 is 6.71. The molecule has 1 aliphatic heterocycles. The van der Waals surface area contributed by atoms with E-state index in [1.54, 1.807) is 42.1 Å². The molecule has 3 aromatic rings. The van der Waals surface area contributed by atoms with Gasteiger partial charge in [0, 0.05) is 5.69 Å². The van der Waals surface area contributed by atoms with Crippen LogP contribution in [0.25, 0.3) is 0 Å². The largest absolute Gasteiger partial charge is 0.497 e. The van der Waals surface area contributed by atoms with Crippen molar-refractivity contribution >= 4 is 23.4 Å². The van der Waals surface area contributed by atoms with Gasteiger partial charge in [-0.05, 0) is 35.9 Å². The highest BCUT2D eigenvalue weighted by molar-refractivity contribution is 6.08. The maximum absolute atomic E-state index is 12.8. The van der Waals surface area contributed by atoms with Gasteiger partial charge in [-0.25, -0.2) is 9.48 Å². The third-order valence-electron chi connectivity index (χ3n) is 4.60. The fourth-order valence-corrected chi connectivity index (χ4v) is 3.15. The van der Waals surface area contributed by atoms with E-state index in [0.717, 1.165) is 5.56 Å². The lowest BCUT2D eigenvalue weighted by molar-refractivity contribution is -0.132. The molecule has 0 saturated carbocycles. The normalized spacial score (nSPS) is 14.9. The van der Waals surface area contributed by atoms with E-state index < -0.39 is 17.9 Å². The van der Waals surface area contributed by atoms with Crippen molar-refractivity contribution in [3.63, 3.8) is 0 Å². The van der Waals surface area contributed by atoms with Gasteiger partial charge in [0.2, 0.25) is 0 Å². The van der Waals surface area contributed by atoms with Crippen molar-refractivity contribution in [2.75, 3.05) is 17.7 Å². The van der Waals surface area contributed by atoms with Gasteiger partial charge in [0.15, 0.2) is 0 Å². The number of hydrogen-bond acceptors (Lipinski definition) is 5. The third kappa shape index (κ3) is 3.55. The third-order valence-corrected chi connectivity index (χ3v) is 4.60. The summed E-state index contributed by atoms with van der Waals surface area (Å²) in [5, 5.41) is 19.4. The molecule has 0 aliphatic carbocycles. The number of hydrogen-bond donors (Lipinski definition) is 3. The van der Waals surface area contributed by atoms with Gasteiger partial charge < -0.3 is 20.5 Å². The van der Waals surface area contributed by atoms with Crippen LogP contribution in [-0.2, 0) is 4.79 Å². The zero-order chi connectivity index (χ0) is 20.4. The molecule has 4 rings (SSSR count). The first-order valence-corrected chi connectivity index (χ1v) is 8.87. The molecular formula is C21H18N4O4. The van der Waals surface area contributed by atoms with E-state index >= 15 is 0 Å². The molecule has 0 spiro atoms. The van der Waals surface area contributed by atoms with Crippen LogP contribution in [0, 0.1) is 0 Å². The Balaban J connectivity index is 1.67. The molecule has 146 valence electrons. The van der Waals surface area contributed by atoms with Crippen molar-refractivity contribution in [2.45, 2.75) is 6.04 Å². The topological polar surface area (TPSA) is 105 Å². The Hall–Kier alpha value is -4.07. The Kier molecular flexibility index (Phi) is 4.74. The van der Waals surface area contributed by atoms with Crippen LogP contribution in [-0.4, -0.2) is 33.9 Å². The van der Waals surface area contributed by atoms with Crippen molar-refractivity contribution in [2.24, 2.45) is 0 Å². The highest BCUT2D eigenvalue weighted by atomic mass is 16.5. The molecule has 3 N–H and O–H groups in total. The zero-order valence-electron chi connectivity index (χ0n) is 15.5. The number of allylic oxidation sites excluding steroid dienone is 1. The van der Waals surface area contributed by atoms with Gasteiger partial charge in [0.1, 0.15) is 22.8 Å². The van der Waals surface area contributed by atoms with Gasteiger partial charge in [-0.1, -0.05) is 30.3 Å². The second-order valence-corrected chi connectivity index (χ2v) is 6.40. The van der Waals surface area contributed by atoms with Crippen LogP contribution < -0.4 is 15.4 Å². The summed E-state index contributed by atoms with van der Waals surface area (Å²) in [4.78, 5) is 24.4. The molecule has 2 aromatic carbocycles. The van der Waals surface area contributed by atoms with E-state index in [4.69, 9.17) is 4.74 Å². The number of carbonyl (C=O) groups is 2. The molecule has 2 heterocycles. The minimum Gasteiger partial charge on any atom is -0.497 e. The average Bonchev–Trinajstić information content (AvgIpc) is 3.18. The Morgan fingerprint density at radius 3 is 2.52 bits per heavy atom. The fraction of sp³-hybridized carbons (Fsp3) is 0.0952. The number of carboxylic acids is 1. The van der Waals surface area contributed by atoms with E-state index in [1.165, 1.54) is 6.20 Å². The van der Waals surface area contributed by atoms with Crippen LogP contribution in [0.5, 0.6) is 5.75 Å². The first-order valence-electron chi connectivity index (χ1n) is 8.87. The number of nitrogens with zero attached hydrogens (tertiary/aromatic N) is 2. The molecular weight excluding hydrogens is 372 g/mol. The summed E-state index contributed by atoms with van der Waals surface area (Å²) in [6, 6.07) is 15.8. The average molecular weight is 390 g/mol. The monoisotopic (exact) mass is 390 g/mol. The Morgan fingerprint density at radius 2 is 1.86 bits per heavy atom. The number of rotatable bonds is 5. The number of nitrogens with one attached hydrogen (secondary N) is 2. The first-order chi connectivity index (χ1) is 14.1. The molecule has 8 heteroatoms. The van der Waals surface area contributed by atoms with Gasteiger partial charge in [0.05, 0.1) is 19.3 Å². The molecule has 0 unspecified atom stereocenters. The number of ether oxygens (including phenoxy) is 1. The van der Waals surface area contributed by atoms with Crippen molar-refractivity contribution in [1.29, 1.82) is 0 Å². The lowest BCUT2D eigenvalue weighted by Crippen LogP contribution is -2.25. The SMILES string of the molecule is COc1ccc(NC(=O)c2cnn3c2NC(C(=O)O)=C[C@H]3c2ccccc2)cc1. The van der Waals surface area contributed by atoms with Crippen molar-refractivity contribution in [3.05, 3.63) is 83.7 Å². The van der Waals surface area contributed by atoms with Crippen LogP contribution in [0.4, 0.5) is 11.5 Å². The Labute approximate surface area is 166 Å². The number of benzene rings is 2. The molecule has 1 aromatic heterocycles. The van der Waals surface area contributed by atoms with Gasteiger partial charge >= 0.3 is 5.97 Å². The zero-order valence-corrected chi connectivity index (χ0v) is 15.5. The summed E-state index contributed by atoms with van der Waals surface area (Å²) in [5.41, 5.74) is 1.68. The van der Waals surface area contributed by atoms with E-state index in [-0.39, 0.29) is 11.3 Å². The summed E-state index contributed by atoms with van der Waals surface area (Å²) in [5.74, 6) is -0.512. The highest BCUT2D eigenvalue weighted by Crippen LogP contribution is 2.32. The minimum absolute atomic E-state index is 0.00893. The molecule has 0 bridgehead atoms. The van der Waals surface area contributed by atoms with Gasteiger partial charge in [0.25, 0.3) is 5.91 Å². The molecule has 0 fully saturated rings. The molecule has 8 nitrogen and oxygen atoms in total. The summed E-state index contributed by atoms with van der Waals surface area (Å²) in [6.07, 6.45) is 3.00. The fourth-order valence-electron chi connectivity index (χ4n) is 3.15. The quantitative estimate of drug-likeness (QED) is 0.618.